The third-order valence-electron chi connectivity index (χ3n) is 2.88. The highest BCUT2D eigenvalue weighted by molar-refractivity contribution is 5.94. The summed E-state index contributed by atoms with van der Waals surface area (Å²) >= 11 is 0. The lowest BCUT2D eigenvalue weighted by Crippen LogP contribution is -2.34. The fraction of sp³-hybridized carbons (Fsp3) is 0.385. The number of nitriles is 1. The highest BCUT2D eigenvalue weighted by Gasteiger charge is 2.32. The van der Waals surface area contributed by atoms with Crippen LogP contribution in [-0.4, -0.2) is 23.4 Å². The third kappa shape index (κ3) is 2.65. The van der Waals surface area contributed by atoms with Crippen LogP contribution in [0.5, 0.6) is 0 Å². The zero-order valence-electron chi connectivity index (χ0n) is 9.70. The number of benzene rings is 1. The lowest BCUT2D eigenvalue weighted by molar-refractivity contribution is 0.0746. The molecule has 0 atom stereocenters. The smallest absolute Gasteiger partial charge is 0.254 e. The zero-order valence-corrected chi connectivity index (χ0v) is 9.70. The van der Waals surface area contributed by atoms with Crippen LogP contribution in [0.15, 0.2) is 18.2 Å². The maximum Gasteiger partial charge on any atom is 0.254 e. The second-order valence-electron chi connectivity index (χ2n) is 4.27. The van der Waals surface area contributed by atoms with Gasteiger partial charge < -0.3 is 4.90 Å². The van der Waals surface area contributed by atoms with Crippen molar-refractivity contribution in [2.45, 2.75) is 25.3 Å². The second kappa shape index (κ2) is 5.13. The molecule has 0 bridgehead atoms. The third-order valence-corrected chi connectivity index (χ3v) is 2.88. The quantitative estimate of drug-likeness (QED) is 0.824. The minimum absolute atomic E-state index is 0.124. The van der Waals surface area contributed by atoms with Crippen LogP contribution in [0.3, 0.4) is 0 Å². The Morgan fingerprint density at radius 2 is 2.11 bits per heavy atom. The van der Waals surface area contributed by atoms with E-state index in [1.165, 1.54) is 6.07 Å². The fourth-order valence-corrected chi connectivity index (χ4v) is 1.80. The molecule has 1 aliphatic rings. The van der Waals surface area contributed by atoms with Crippen molar-refractivity contribution in [2.24, 2.45) is 0 Å². The summed E-state index contributed by atoms with van der Waals surface area (Å²) in [5, 5.41) is 8.55. The molecule has 0 aliphatic heterocycles. The first-order chi connectivity index (χ1) is 8.63. The van der Waals surface area contributed by atoms with Crippen LogP contribution in [0.25, 0.3) is 0 Å². The Kier molecular flexibility index (Phi) is 3.56. The molecule has 0 heterocycles. The molecular formula is C13H12F2N2O. The Balaban J connectivity index is 2.17. The molecule has 0 spiro atoms. The summed E-state index contributed by atoms with van der Waals surface area (Å²) < 4.78 is 25.9. The van der Waals surface area contributed by atoms with Crippen LogP contribution in [-0.2, 0) is 0 Å². The maximum atomic E-state index is 13.1. The van der Waals surface area contributed by atoms with Gasteiger partial charge in [-0.3, -0.25) is 4.79 Å². The Morgan fingerprint density at radius 1 is 1.39 bits per heavy atom. The molecule has 1 aromatic carbocycles. The van der Waals surface area contributed by atoms with Crippen molar-refractivity contribution in [3.63, 3.8) is 0 Å². The van der Waals surface area contributed by atoms with Crippen LogP contribution in [0.2, 0.25) is 0 Å². The zero-order chi connectivity index (χ0) is 13.1. The monoisotopic (exact) mass is 250 g/mol. The van der Waals surface area contributed by atoms with Gasteiger partial charge in [0.1, 0.15) is 0 Å². The normalized spacial score (nSPS) is 14.1. The first kappa shape index (κ1) is 12.5. The van der Waals surface area contributed by atoms with E-state index < -0.39 is 11.6 Å². The van der Waals surface area contributed by atoms with Crippen LogP contribution >= 0.6 is 0 Å². The molecule has 1 amide bonds. The van der Waals surface area contributed by atoms with Crippen molar-refractivity contribution < 1.29 is 13.6 Å². The van der Waals surface area contributed by atoms with Crippen LogP contribution in [0.1, 0.15) is 29.6 Å². The minimum Gasteiger partial charge on any atom is -0.335 e. The van der Waals surface area contributed by atoms with Gasteiger partial charge in [-0.05, 0) is 31.0 Å². The molecule has 1 aliphatic carbocycles. The van der Waals surface area contributed by atoms with E-state index in [4.69, 9.17) is 5.26 Å². The number of amides is 1. The van der Waals surface area contributed by atoms with E-state index in [1.54, 1.807) is 4.90 Å². The fourth-order valence-electron chi connectivity index (χ4n) is 1.80. The molecule has 0 aromatic heterocycles. The lowest BCUT2D eigenvalue weighted by atomic mass is 10.2. The van der Waals surface area contributed by atoms with Crippen molar-refractivity contribution >= 4 is 5.91 Å². The van der Waals surface area contributed by atoms with Crippen LogP contribution in [0, 0.1) is 23.0 Å². The summed E-state index contributed by atoms with van der Waals surface area (Å²) in [4.78, 5) is 13.7. The Hall–Kier alpha value is -1.96. The molecule has 2 rings (SSSR count). The van der Waals surface area contributed by atoms with Crippen molar-refractivity contribution in [1.82, 2.24) is 4.90 Å². The van der Waals surface area contributed by atoms with Crippen molar-refractivity contribution in [3.05, 3.63) is 35.4 Å². The largest absolute Gasteiger partial charge is 0.335 e. The lowest BCUT2D eigenvalue weighted by Gasteiger charge is -2.21. The first-order valence-electron chi connectivity index (χ1n) is 5.76. The summed E-state index contributed by atoms with van der Waals surface area (Å²) in [5.74, 6) is -2.34. The average Bonchev–Trinajstić information content (AvgIpc) is 3.17. The summed E-state index contributed by atoms with van der Waals surface area (Å²) in [7, 11) is 0. The number of hydrogen-bond donors (Lipinski definition) is 0. The number of carbonyl (C=O) groups excluding carboxylic acids is 1. The highest BCUT2D eigenvalue weighted by Crippen LogP contribution is 2.28. The van der Waals surface area contributed by atoms with Crippen molar-refractivity contribution in [3.8, 4) is 6.07 Å². The maximum absolute atomic E-state index is 13.1. The van der Waals surface area contributed by atoms with Gasteiger partial charge in [0.05, 0.1) is 12.5 Å². The molecular weight excluding hydrogens is 238 g/mol. The van der Waals surface area contributed by atoms with E-state index >= 15 is 0 Å². The molecule has 3 nitrogen and oxygen atoms in total. The highest BCUT2D eigenvalue weighted by atomic mass is 19.2. The van der Waals surface area contributed by atoms with Crippen LogP contribution < -0.4 is 0 Å². The molecule has 5 heteroatoms. The van der Waals surface area contributed by atoms with Gasteiger partial charge in [-0.15, -0.1) is 0 Å². The molecule has 0 saturated heterocycles. The van der Waals surface area contributed by atoms with E-state index in [2.05, 4.69) is 0 Å². The number of carbonyl (C=O) groups is 1. The van der Waals surface area contributed by atoms with E-state index in [9.17, 15) is 13.6 Å². The average molecular weight is 250 g/mol. The second-order valence-corrected chi connectivity index (χ2v) is 4.27. The van der Waals surface area contributed by atoms with Gasteiger partial charge in [0.15, 0.2) is 11.6 Å². The molecule has 94 valence electrons. The van der Waals surface area contributed by atoms with Gasteiger partial charge in [-0.2, -0.15) is 5.26 Å². The van der Waals surface area contributed by atoms with E-state index in [1.807, 2.05) is 6.07 Å². The Bertz CT molecular complexity index is 506. The number of halogens is 2. The number of hydrogen-bond acceptors (Lipinski definition) is 2. The van der Waals surface area contributed by atoms with Gasteiger partial charge >= 0.3 is 0 Å². The summed E-state index contributed by atoms with van der Waals surface area (Å²) in [5.41, 5.74) is 0.124. The summed E-state index contributed by atoms with van der Waals surface area (Å²) in [6, 6.07) is 5.23. The topological polar surface area (TPSA) is 44.1 Å². The van der Waals surface area contributed by atoms with Crippen molar-refractivity contribution in [1.29, 1.82) is 5.26 Å². The Morgan fingerprint density at radius 3 is 2.67 bits per heavy atom. The van der Waals surface area contributed by atoms with Gasteiger partial charge in [-0.1, -0.05) is 0 Å². The number of nitrogens with zero attached hydrogens (tertiary/aromatic N) is 2. The van der Waals surface area contributed by atoms with Gasteiger partial charge in [0.2, 0.25) is 0 Å². The molecule has 1 aromatic rings. The molecule has 0 N–H and O–H groups in total. The van der Waals surface area contributed by atoms with Gasteiger partial charge in [-0.25, -0.2) is 8.78 Å². The summed E-state index contributed by atoms with van der Waals surface area (Å²) in [6.07, 6.45) is 2.05. The summed E-state index contributed by atoms with van der Waals surface area (Å²) in [6.45, 7) is 0.332. The van der Waals surface area contributed by atoms with Gasteiger partial charge in [0, 0.05) is 18.2 Å². The standard InChI is InChI=1S/C13H12F2N2O/c14-11-5-2-9(8-12(11)15)13(18)17(7-1-6-16)10-3-4-10/h2,5,8,10H,1,3-4,7H2. The predicted octanol–water partition coefficient (Wildman–Crippen LogP) is 2.48. The molecule has 0 unspecified atom stereocenters. The van der Waals surface area contributed by atoms with Crippen LogP contribution in [0.4, 0.5) is 8.78 Å². The van der Waals surface area contributed by atoms with Crippen molar-refractivity contribution in [2.75, 3.05) is 6.54 Å². The predicted molar refractivity (Wildman–Crippen MR) is 60.6 cm³/mol. The molecule has 1 saturated carbocycles. The molecule has 18 heavy (non-hydrogen) atoms. The van der Waals surface area contributed by atoms with Gasteiger partial charge in [0.25, 0.3) is 5.91 Å². The van der Waals surface area contributed by atoms with E-state index in [0.29, 0.717) is 6.54 Å². The molecule has 1 fully saturated rings. The van der Waals surface area contributed by atoms with E-state index in [-0.39, 0.29) is 23.9 Å². The molecule has 0 radical (unpaired) electrons. The Labute approximate surface area is 104 Å². The first-order valence-corrected chi connectivity index (χ1v) is 5.76. The minimum atomic E-state index is -1.03. The van der Waals surface area contributed by atoms with E-state index in [0.717, 1.165) is 25.0 Å². The SMILES string of the molecule is N#CCCN(C(=O)c1ccc(F)c(F)c1)C1CC1. The number of rotatable bonds is 4.